The van der Waals surface area contributed by atoms with E-state index in [9.17, 15) is 13.5 Å². The molecule has 0 atom stereocenters. The molecule has 0 spiro atoms. The van der Waals surface area contributed by atoms with E-state index >= 15 is 0 Å². The Bertz CT molecular complexity index is 1330. The summed E-state index contributed by atoms with van der Waals surface area (Å²) >= 11 is 1.16. The molecule has 11 heteroatoms. The first-order valence-corrected chi connectivity index (χ1v) is 11.2. The molecule has 0 aliphatic carbocycles. The number of aromatic hydroxyl groups is 1. The second-order valence-electron chi connectivity index (χ2n) is 6.17. The smallest absolute Gasteiger partial charge is 0.264 e. The van der Waals surface area contributed by atoms with Crippen LogP contribution in [0.15, 0.2) is 69.9 Å². The minimum atomic E-state index is -3.80. The van der Waals surface area contributed by atoms with Gasteiger partial charge in [-0.05, 0) is 66.5 Å². The van der Waals surface area contributed by atoms with Gasteiger partial charge in [0.05, 0.1) is 16.3 Å². The highest BCUT2D eigenvalue weighted by atomic mass is 32.2. The van der Waals surface area contributed by atoms with Crippen molar-refractivity contribution in [3.05, 3.63) is 59.7 Å². The fourth-order valence-electron chi connectivity index (χ4n) is 2.65. The van der Waals surface area contributed by atoms with Gasteiger partial charge < -0.3 is 5.11 Å². The number of phenols is 1. The van der Waals surface area contributed by atoms with Gasteiger partial charge in [0.2, 0.25) is 5.95 Å². The SMILES string of the molecule is CCc1nc(NS(=O)(=O)c2ccc(N=Nc3ccc(O)c4ncccc34)cc2)ns1. The van der Waals surface area contributed by atoms with Crippen LogP contribution >= 0.6 is 11.5 Å². The van der Waals surface area contributed by atoms with Crippen LogP contribution in [0.2, 0.25) is 0 Å². The number of hydrogen-bond donors (Lipinski definition) is 2. The summed E-state index contributed by atoms with van der Waals surface area (Å²) in [7, 11) is -3.80. The Hall–Kier alpha value is -3.44. The number of anilines is 1. The normalized spacial score (nSPS) is 11.9. The van der Waals surface area contributed by atoms with Crippen LogP contribution in [0.5, 0.6) is 5.75 Å². The lowest BCUT2D eigenvalue weighted by Gasteiger charge is -2.05. The van der Waals surface area contributed by atoms with E-state index in [2.05, 4.69) is 29.3 Å². The van der Waals surface area contributed by atoms with Crippen LogP contribution < -0.4 is 4.72 Å². The number of nitrogens with zero attached hydrogens (tertiary/aromatic N) is 5. The van der Waals surface area contributed by atoms with E-state index in [0.717, 1.165) is 16.5 Å². The molecular formula is C19H16N6O3S2. The van der Waals surface area contributed by atoms with Gasteiger partial charge in [0.1, 0.15) is 16.3 Å². The molecule has 0 saturated heterocycles. The largest absolute Gasteiger partial charge is 0.506 e. The molecule has 0 radical (unpaired) electrons. The highest BCUT2D eigenvalue weighted by Gasteiger charge is 2.16. The number of phenolic OH excluding ortho intramolecular Hbond substituents is 1. The molecular weight excluding hydrogens is 424 g/mol. The fraction of sp³-hybridized carbons (Fsp3) is 0.105. The number of rotatable bonds is 6. The molecule has 4 aromatic rings. The Morgan fingerprint density at radius 1 is 1.10 bits per heavy atom. The number of azo groups is 1. The summed E-state index contributed by atoms with van der Waals surface area (Å²) in [6.07, 6.45) is 2.27. The molecule has 152 valence electrons. The van der Waals surface area contributed by atoms with Crippen LogP contribution in [0.25, 0.3) is 10.9 Å². The monoisotopic (exact) mass is 440 g/mol. The molecule has 0 fully saturated rings. The second kappa shape index (κ2) is 8.13. The van der Waals surface area contributed by atoms with Crippen molar-refractivity contribution in [3.8, 4) is 5.75 Å². The maximum Gasteiger partial charge on any atom is 0.264 e. The highest BCUT2D eigenvalue weighted by molar-refractivity contribution is 7.92. The van der Waals surface area contributed by atoms with Gasteiger partial charge in [0.25, 0.3) is 10.0 Å². The van der Waals surface area contributed by atoms with Crippen molar-refractivity contribution < 1.29 is 13.5 Å². The molecule has 0 aliphatic rings. The fourth-order valence-corrected chi connectivity index (χ4v) is 4.19. The lowest BCUT2D eigenvalue weighted by Crippen LogP contribution is -2.13. The lowest BCUT2D eigenvalue weighted by molar-refractivity contribution is 0.480. The van der Waals surface area contributed by atoms with E-state index < -0.39 is 10.0 Å². The minimum Gasteiger partial charge on any atom is -0.506 e. The van der Waals surface area contributed by atoms with Crippen LogP contribution in [-0.4, -0.2) is 27.9 Å². The Labute approximate surface area is 176 Å². The van der Waals surface area contributed by atoms with Crippen molar-refractivity contribution in [2.75, 3.05) is 4.72 Å². The first kappa shape index (κ1) is 19.9. The molecule has 0 unspecified atom stereocenters. The van der Waals surface area contributed by atoms with Gasteiger partial charge >= 0.3 is 0 Å². The summed E-state index contributed by atoms with van der Waals surface area (Å²) in [6.45, 7) is 1.92. The van der Waals surface area contributed by atoms with Crippen molar-refractivity contribution in [2.45, 2.75) is 18.2 Å². The lowest BCUT2D eigenvalue weighted by atomic mass is 10.2. The Balaban J connectivity index is 1.55. The first-order chi connectivity index (χ1) is 14.5. The molecule has 2 N–H and O–H groups in total. The molecule has 0 bridgehead atoms. The van der Waals surface area contributed by atoms with Gasteiger partial charge in [-0.15, -0.1) is 5.11 Å². The van der Waals surface area contributed by atoms with Crippen molar-refractivity contribution in [3.63, 3.8) is 0 Å². The van der Waals surface area contributed by atoms with Crippen LogP contribution in [-0.2, 0) is 16.4 Å². The van der Waals surface area contributed by atoms with Gasteiger partial charge in [-0.2, -0.15) is 9.49 Å². The number of benzene rings is 2. The second-order valence-corrected chi connectivity index (χ2v) is 8.69. The molecule has 2 heterocycles. The van der Waals surface area contributed by atoms with Gasteiger partial charge in [-0.25, -0.2) is 18.1 Å². The summed E-state index contributed by atoms with van der Waals surface area (Å²) in [6, 6.07) is 12.6. The molecule has 0 amide bonds. The molecule has 0 saturated carbocycles. The third kappa shape index (κ3) is 4.11. The predicted octanol–water partition coefficient (Wildman–Crippen LogP) is 4.57. The zero-order valence-corrected chi connectivity index (χ0v) is 17.4. The average molecular weight is 441 g/mol. The van der Waals surface area contributed by atoms with Gasteiger partial charge in [-0.1, -0.05) is 6.92 Å². The molecule has 4 rings (SSSR count). The maximum absolute atomic E-state index is 12.5. The first-order valence-electron chi connectivity index (χ1n) is 8.90. The number of nitrogens with one attached hydrogen (secondary N) is 1. The molecule has 9 nitrogen and oxygen atoms in total. The number of fused-ring (bicyclic) bond motifs is 1. The highest BCUT2D eigenvalue weighted by Crippen LogP contribution is 2.32. The van der Waals surface area contributed by atoms with E-state index in [0.29, 0.717) is 28.7 Å². The van der Waals surface area contributed by atoms with Crippen LogP contribution in [0.1, 0.15) is 11.9 Å². The van der Waals surface area contributed by atoms with Crippen molar-refractivity contribution in [1.82, 2.24) is 14.3 Å². The topological polar surface area (TPSA) is 130 Å². The van der Waals surface area contributed by atoms with Crippen LogP contribution in [0, 0.1) is 0 Å². The van der Waals surface area contributed by atoms with E-state index in [1.165, 1.54) is 18.2 Å². The third-order valence-corrected chi connectivity index (χ3v) is 6.34. The average Bonchev–Trinajstić information content (AvgIpc) is 3.21. The number of aromatic nitrogens is 3. The number of sulfonamides is 1. The molecule has 2 aromatic heterocycles. The number of aryl methyl sites for hydroxylation is 1. The third-order valence-electron chi connectivity index (χ3n) is 4.14. The van der Waals surface area contributed by atoms with Crippen LogP contribution in [0.3, 0.4) is 0 Å². The summed E-state index contributed by atoms with van der Waals surface area (Å²) in [5.41, 5.74) is 1.44. The van der Waals surface area contributed by atoms with Gasteiger partial charge in [0, 0.05) is 11.6 Å². The summed E-state index contributed by atoms with van der Waals surface area (Å²) < 4.78 is 31.4. The zero-order chi connectivity index (χ0) is 21.1. The minimum absolute atomic E-state index is 0.0623. The number of hydrogen-bond acceptors (Lipinski definition) is 9. The Morgan fingerprint density at radius 3 is 2.63 bits per heavy atom. The van der Waals surface area contributed by atoms with Gasteiger partial charge in [-0.3, -0.25) is 4.98 Å². The maximum atomic E-state index is 12.5. The van der Waals surface area contributed by atoms with Crippen molar-refractivity contribution in [1.29, 1.82) is 0 Å². The Kier molecular flexibility index (Phi) is 5.38. The standard InChI is InChI=1S/C19H16N6O3S2/c1-2-17-21-19(24-29-17)25-30(27,28)13-7-5-12(6-8-13)22-23-15-9-10-16(26)18-14(15)4-3-11-20-18/h3-11,26H,2H2,1H3,(H,24,25). The number of pyridine rings is 1. The van der Waals surface area contributed by atoms with E-state index in [1.54, 1.807) is 36.5 Å². The molecule has 30 heavy (non-hydrogen) atoms. The zero-order valence-electron chi connectivity index (χ0n) is 15.7. The summed E-state index contributed by atoms with van der Waals surface area (Å²) in [5, 5.41) is 19.7. The summed E-state index contributed by atoms with van der Waals surface area (Å²) in [4.78, 5) is 8.32. The molecule has 0 aliphatic heterocycles. The quantitative estimate of drug-likeness (QED) is 0.422. The van der Waals surface area contributed by atoms with Crippen molar-refractivity contribution >= 4 is 49.8 Å². The molecule has 2 aromatic carbocycles. The predicted molar refractivity (Wildman–Crippen MR) is 114 cm³/mol. The van der Waals surface area contributed by atoms with E-state index in [4.69, 9.17) is 0 Å². The Morgan fingerprint density at radius 2 is 1.90 bits per heavy atom. The van der Waals surface area contributed by atoms with Crippen LogP contribution in [0.4, 0.5) is 17.3 Å². The van der Waals surface area contributed by atoms with E-state index in [1.807, 2.05) is 6.92 Å². The van der Waals surface area contributed by atoms with Gasteiger partial charge in [0.15, 0.2) is 0 Å². The van der Waals surface area contributed by atoms with Crippen molar-refractivity contribution in [2.24, 2.45) is 10.2 Å². The van der Waals surface area contributed by atoms with E-state index in [-0.39, 0.29) is 16.6 Å². The summed E-state index contributed by atoms with van der Waals surface area (Å²) in [5.74, 6) is 0.126.